The smallest absolute Gasteiger partial charge is 0.424 e. The summed E-state index contributed by atoms with van der Waals surface area (Å²) in [6, 6.07) is 2.10. The van der Waals surface area contributed by atoms with Crippen molar-refractivity contribution >= 4 is 11.6 Å². The van der Waals surface area contributed by atoms with Crippen LogP contribution in [0.15, 0.2) is 28.9 Å². The summed E-state index contributed by atoms with van der Waals surface area (Å²) >= 11 is 0. The van der Waals surface area contributed by atoms with E-state index in [1.165, 1.54) is 12.3 Å². The molecule has 4 aliphatic rings. The van der Waals surface area contributed by atoms with Gasteiger partial charge in [0.15, 0.2) is 0 Å². The molecule has 2 bridgehead atoms. The van der Waals surface area contributed by atoms with Crippen LogP contribution in [0.3, 0.4) is 0 Å². The van der Waals surface area contributed by atoms with Crippen LogP contribution in [0, 0.1) is 0 Å². The van der Waals surface area contributed by atoms with E-state index in [-0.39, 0.29) is 41.4 Å². The Bertz CT molecular complexity index is 1300. The minimum atomic E-state index is -4.67. The zero-order valence-corrected chi connectivity index (χ0v) is 17.8. The average Bonchev–Trinajstić information content (AvgIpc) is 3.30. The summed E-state index contributed by atoms with van der Waals surface area (Å²) in [5.74, 6) is -0.0894. The van der Waals surface area contributed by atoms with Crippen molar-refractivity contribution in [2.24, 2.45) is 0 Å². The van der Waals surface area contributed by atoms with E-state index in [2.05, 4.69) is 25.2 Å². The summed E-state index contributed by atoms with van der Waals surface area (Å²) in [7, 11) is 0. The number of pyridine rings is 1. The molecule has 3 heterocycles. The molecule has 0 aromatic carbocycles. The molecule has 1 N–H and O–H groups in total. The maximum absolute atomic E-state index is 12.9. The largest absolute Gasteiger partial charge is 0.522 e. The summed E-state index contributed by atoms with van der Waals surface area (Å²) < 4.78 is 86.4. The Morgan fingerprint density at radius 3 is 2.46 bits per heavy atom. The fraction of sp³-hybridized carbons (Fsp3) is 0.524. The number of amides is 1. The molecular formula is C21H17F6N5O3. The second-order valence-electron chi connectivity index (χ2n) is 9.65. The zero-order chi connectivity index (χ0) is 24.8. The van der Waals surface area contributed by atoms with Crippen LogP contribution in [-0.2, 0) is 16.3 Å². The SMILES string of the molecule is O=C(NC12CC(c3nnc(C4CC(OC(F)(F)F)C4)o3)(C1)C2)c1cn2cc(C(F)(F)F)ccc2n1. The van der Waals surface area contributed by atoms with E-state index < -0.39 is 35.7 Å². The minimum Gasteiger partial charge on any atom is -0.424 e. The first kappa shape index (κ1) is 22.3. The Labute approximate surface area is 192 Å². The van der Waals surface area contributed by atoms with Crippen LogP contribution in [-0.4, -0.2) is 43.5 Å². The first-order chi connectivity index (χ1) is 16.3. The summed E-state index contributed by atoms with van der Waals surface area (Å²) in [5.41, 5.74) is -1.50. The summed E-state index contributed by atoms with van der Waals surface area (Å²) in [4.78, 5) is 16.8. The third-order valence-corrected chi connectivity index (χ3v) is 7.06. The highest BCUT2D eigenvalue weighted by atomic mass is 19.4. The molecule has 7 rings (SSSR count). The normalized spacial score (nSPS) is 29.9. The molecule has 4 fully saturated rings. The van der Waals surface area contributed by atoms with Gasteiger partial charge in [-0.05, 0) is 44.2 Å². The number of aromatic nitrogens is 4. The minimum absolute atomic E-state index is 0.00351. The zero-order valence-electron chi connectivity index (χ0n) is 17.8. The topological polar surface area (TPSA) is 94.5 Å². The Morgan fingerprint density at radius 2 is 1.80 bits per heavy atom. The number of imidazole rings is 1. The van der Waals surface area contributed by atoms with Crippen molar-refractivity contribution in [2.75, 3.05) is 0 Å². The molecule has 4 saturated carbocycles. The Hall–Kier alpha value is -3.16. The number of nitrogens with one attached hydrogen (secondary N) is 1. The van der Waals surface area contributed by atoms with Gasteiger partial charge in [0.1, 0.15) is 11.3 Å². The fourth-order valence-electron chi connectivity index (χ4n) is 5.39. The second kappa shape index (κ2) is 6.95. The molecule has 35 heavy (non-hydrogen) atoms. The molecule has 1 amide bonds. The van der Waals surface area contributed by atoms with E-state index in [1.54, 1.807) is 0 Å². The van der Waals surface area contributed by atoms with Gasteiger partial charge in [-0.25, -0.2) is 4.98 Å². The van der Waals surface area contributed by atoms with Crippen molar-refractivity contribution in [1.29, 1.82) is 0 Å². The number of fused-ring (bicyclic) bond motifs is 1. The van der Waals surface area contributed by atoms with Crippen LogP contribution >= 0.6 is 0 Å². The quantitative estimate of drug-likeness (QED) is 0.529. The van der Waals surface area contributed by atoms with Gasteiger partial charge in [0.05, 0.1) is 17.1 Å². The van der Waals surface area contributed by atoms with Crippen molar-refractivity contribution in [2.45, 2.75) is 67.6 Å². The Morgan fingerprint density at radius 1 is 1.09 bits per heavy atom. The predicted octanol–water partition coefficient (Wildman–Crippen LogP) is 4.12. The van der Waals surface area contributed by atoms with E-state index in [9.17, 15) is 31.1 Å². The highest BCUT2D eigenvalue weighted by Crippen LogP contribution is 2.67. The van der Waals surface area contributed by atoms with Gasteiger partial charge < -0.3 is 14.1 Å². The number of ether oxygens (including phenoxy) is 1. The average molecular weight is 501 g/mol. The van der Waals surface area contributed by atoms with Gasteiger partial charge in [-0.2, -0.15) is 13.2 Å². The summed E-state index contributed by atoms with van der Waals surface area (Å²) in [6.07, 6.45) is -6.03. The lowest BCUT2D eigenvalue weighted by atomic mass is 9.39. The van der Waals surface area contributed by atoms with Crippen molar-refractivity contribution in [3.63, 3.8) is 0 Å². The first-order valence-electron chi connectivity index (χ1n) is 10.8. The van der Waals surface area contributed by atoms with Crippen LogP contribution in [0.4, 0.5) is 26.3 Å². The van der Waals surface area contributed by atoms with Crippen molar-refractivity contribution in [1.82, 2.24) is 24.9 Å². The number of hydrogen-bond acceptors (Lipinski definition) is 6. The highest BCUT2D eigenvalue weighted by Gasteiger charge is 2.72. The summed E-state index contributed by atoms with van der Waals surface area (Å²) in [5, 5.41) is 11.0. The van der Waals surface area contributed by atoms with E-state index in [0.717, 1.165) is 16.7 Å². The second-order valence-corrected chi connectivity index (χ2v) is 9.65. The van der Waals surface area contributed by atoms with Crippen LogP contribution < -0.4 is 5.32 Å². The van der Waals surface area contributed by atoms with Gasteiger partial charge in [-0.3, -0.25) is 9.53 Å². The number of halogens is 6. The molecule has 8 nitrogen and oxygen atoms in total. The molecule has 0 spiro atoms. The molecule has 14 heteroatoms. The highest BCUT2D eigenvalue weighted by molar-refractivity contribution is 5.93. The Balaban J connectivity index is 1.06. The maximum Gasteiger partial charge on any atom is 0.522 e. The molecule has 0 atom stereocenters. The van der Waals surface area contributed by atoms with E-state index in [4.69, 9.17) is 4.42 Å². The van der Waals surface area contributed by atoms with Crippen LogP contribution in [0.5, 0.6) is 0 Å². The van der Waals surface area contributed by atoms with Crippen molar-refractivity contribution in [3.05, 3.63) is 47.6 Å². The van der Waals surface area contributed by atoms with Gasteiger partial charge in [0.25, 0.3) is 5.91 Å². The lowest BCUT2D eigenvalue weighted by Gasteiger charge is -2.68. The number of carbonyl (C=O) groups is 1. The number of hydrogen-bond donors (Lipinski definition) is 1. The Kier molecular flexibility index (Phi) is 4.43. The molecule has 0 saturated heterocycles. The molecule has 4 aliphatic carbocycles. The van der Waals surface area contributed by atoms with E-state index in [0.29, 0.717) is 25.2 Å². The molecule has 186 valence electrons. The lowest BCUT2D eigenvalue weighted by Crippen LogP contribution is -2.76. The predicted molar refractivity (Wildman–Crippen MR) is 103 cm³/mol. The van der Waals surface area contributed by atoms with Crippen LogP contribution in [0.2, 0.25) is 0 Å². The number of nitrogens with zero attached hydrogens (tertiary/aromatic N) is 4. The fourth-order valence-corrected chi connectivity index (χ4v) is 5.39. The lowest BCUT2D eigenvalue weighted by molar-refractivity contribution is -0.352. The van der Waals surface area contributed by atoms with Crippen LogP contribution in [0.25, 0.3) is 5.65 Å². The van der Waals surface area contributed by atoms with E-state index >= 15 is 0 Å². The molecule has 3 aromatic rings. The van der Waals surface area contributed by atoms with Gasteiger partial charge in [-0.1, -0.05) is 0 Å². The standard InChI is InChI=1S/C21H17F6N5O3/c22-20(23,24)11-1-2-14-28-13(6-32(14)5-11)15(33)29-19-7-18(8-19,9-19)17-31-30-16(34-17)10-3-12(4-10)35-21(25,26)27/h1-2,5-6,10,12H,3-4,7-9H2,(H,29,33). The van der Waals surface area contributed by atoms with Crippen molar-refractivity contribution in [3.8, 4) is 0 Å². The number of alkyl halides is 6. The third-order valence-electron chi connectivity index (χ3n) is 7.06. The molecule has 3 aromatic heterocycles. The third kappa shape index (κ3) is 3.74. The number of carbonyl (C=O) groups excluding carboxylic acids is 1. The molecule has 0 aliphatic heterocycles. The molecular weight excluding hydrogens is 484 g/mol. The van der Waals surface area contributed by atoms with Gasteiger partial charge in [0.2, 0.25) is 11.8 Å². The van der Waals surface area contributed by atoms with Gasteiger partial charge >= 0.3 is 12.5 Å². The monoisotopic (exact) mass is 501 g/mol. The number of rotatable bonds is 5. The molecule has 0 radical (unpaired) electrons. The molecule has 0 unspecified atom stereocenters. The van der Waals surface area contributed by atoms with E-state index in [1.807, 2.05) is 0 Å². The van der Waals surface area contributed by atoms with Crippen molar-refractivity contribution < 1.29 is 40.3 Å². The first-order valence-corrected chi connectivity index (χ1v) is 10.8. The van der Waals surface area contributed by atoms with Gasteiger partial charge in [0, 0.05) is 23.9 Å². The van der Waals surface area contributed by atoms with Crippen LogP contribution in [0.1, 0.15) is 65.9 Å². The maximum atomic E-state index is 12.9. The summed E-state index contributed by atoms with van der Waals surface area (Å²) in [6.45, 7) is 0. The van der Waals surface area contributed by atoms with Gasteiger partial charge in [-0.15, -0.1) is 23.4 Å².